The summed E-state index contributed by atoms with van der Waals surface area (Å²) in [6.07, 6.45) is 0. The zero-order valence-electron chi connectivity index (χ0n) is 11.9. The second kappa shape index (κ2) is 5.55. The van der Waals surface area contributed by atoms with E-state index in [9.17, 15) is 0 Å². The predicted octanol–water partition coefficient (Wildman–Crippen LogP) is 4.65. The van der Waals surface area contributed by atoms with E-state index in [1.807, 2.05) is 37.3 Å². The molecule has 0 aliphatic heterocycles. The molecule has 3 rings (SSSR count). The number of benzene rings is 2. The van der Waals surface area contributed by atoms with Crippen molar-refractivity contribution in [3.63, 3.8) is 0 Å². The molecule has 4 heteroatoms. The molecule has 0 aliphatic carbocycles. The lowest BCUT2D eigenvalue weighted by atomic mass is 10.1. The van der Waals surface area contributed by atoms with Gasteiger partial charge in [0.1, 0.15) is 0 Å². The van der Waals surface area contributed by atoms with Crippen molar-refractivity contribution in [3.8, 4) is 6.07 Å². The maximum absolute atomic E-state index is 8.83. The third kappa shape index (κ3) is 2.88. The standard InChI is InChI=1S/C17H15N3S/c1-11(14-5-3-13(10-18)4-6-14)19-15-7-8-16-17(9-15)21-12(2)20-16/h3-9,11,19H,1-2H3. The molecular weight excluding hydrogens is 278 g/mol. The van der Waals surface area contributed by atoms with E-state index in [2.05, 4.69) is 35.4 Å². The number of nitriles is 1. The summed E-state index contributed by atoms with van der Waals surface area (Å²) in [4.78, 5) is 4.47. The Hall–Kier alpha value is -2.38. The van der Waals surface area contributed by atoms with Gasteiger partial charge in [0, 0.05) is 11.7 Å². The number of fused-ring (bicyclic) bond motifs is 1. The molecule has 2 aromatic carbocycles. The van der Waals surface area contributed by atoms with Crippen molar-refractivity contribution in [3.05, 3.63) is 58.6 Å². The Labute approximate surface area is 127 Å². The first-order valence-electron chi connectivity index (χ1n) is 6.79. The molecule has 1 heterocycles. The molecule has 104 valence electrons. The number of nitrogens with zero attached hydrogens (tertiary/aromatic N) is 2. The third-order valence-electron chi connectivity index (χ3n) is 3.42. The molecule has 0 saturated heterocycles. The first kappa shape index (κ1) is 13.6. The van der Waals surface area contributed by atoms with Crippen LogP contribution in [0, 0.1) is 18.3 Å². The topological polar surface area (TPSA) is 48.7 Å². The molecule has 21 heavy (non-hydrogen) atoms. The minimum absolute atomic E-state index is 0.184. The van der Waals surface area contributed by atoms with Gasteiger partial charge in [-0.25, -0.2) is 4.98 Å². The Morgan fingerprint density at radius 3 is 2.67 bits per heavy atom. The average molecular weight is 293 g/mol. The molecule has 1 atom stereocenters. The lowest BCUT2D eigenvalue weighted by Gasteiger charge is -2.15. The number of thiazole rings is 1. The SMILES string of the molecule is Cc1nc2ccc(NC(C)c3ccc(C#N)cc3)cc2s1. The maximum Gasteiger partial charge on any atom is 0.0991 e. The summed E-state index contributed by atoms with van der Waals surface area (Å²) in [6, 6.07) is 16.3. The Kier molecular flexibility index (Phi) is 3.59. The van der Waals surface area contributed by atoms with Gasteiger partial charge in [0.15, 0.2) is 0 Å². The largest absolute Gasteiger partial charge is 0.378 e. The lowest BCUT2D eigenvalue weighted by molar-refractivity contribution is 0.885. The monoisotopic (exact) mass is 293 g/mol. The van der Waals surface area contributed by atoms with Gasteiger partial charge < -0.3 is 5.32 Å². The summed E-state index contributed by atoms with van der Waals surface area (Å²) >= 11 is 1.71. The summed E-state index contributed by atoms with van der Waals surface area (Å²) in [5.41, 5.74) is 3.99. The minimum atomic E-state index is 0.184. The van der Waals surface area contributed by atoms with Crippen LogP contribution in [0.1, 0.15) is 29.1 Å². The number of hydrogen-bond acceptors (Lipinski definition) is 4. The van der Waals surface area contributed by atoms with E-state index in [-0.39, 0.29) is 6.04 Å². The van der Waals surface area contributed by atoms with Crippen molar-refractivity contribution < 1.29 is 0 Å². The summed E-state index contributed by atoms with van der Waals surface area (Å²) in [6.45, 7) is 4.14. The van der Waals surface area contributed by atoms with Crippen molar-refractivity contribution in [2.75, 3.05) is 5.32 Å². The average Bonchev–Trinajstić information content (AvgIpc) is 2.86. The van der Waals surface area contributed by atoms with Crippen LogP contribution in [-0.2, 0) is 0 Å². The van der Waals surface area contributed by atoms with E-state index in [0.717, 1.165) is 21.8 Å². The van der Waals surface area contributed by atoms with Crippen molar-refractivity contribution in [2.45, 2.75) is 19.9 Å². The van der Waals surface area contributed by atoms with Crippen LogP contribution in [0.2, 0.25) is 0 Å². The highest BCUT2D eigenvalue weighted by molar-refractivity contribution is 7.18. The van der Waals surface area contributed by atoms with Gasteiger partial charge in [-0.1, -0.05) is 12.1 Å². The van der Waals surface area contributed by atoms with Crippen molar-refractivity contribution in [2.24, 2.45) is 0 Å². The minimum Gasteiger partial charge on any atom is -0.378 e. The number of rotatable bonds is 3. The van der Waals surface area contributed by atoms with Gasteiger partial charge in [0.25, 0.3) is 0 Å². The van der Waals surface area contributed by atoms with Crippen LogP contribution in [0.15, 0.2) is 42.5 Å². The number of hydrogen-bond donors (Lipinski definition) is 1. The molecule has 1 unspecified atom stereocenters. The van der Waals surface area contributed by atoms with Crippen molar-refractivity contribution in [1.82, 2.24) is 4.98 Å². The number of aryl methyl sites for hydroxylation is 1. The Morgan fingerprint density at radius 2 is 1.95 bits per heavy atom. The second-order valence-corrected chi connectivity index (χ2v) is 6.25. The fourth-order valence-electron chi connectivity index (χ4n) is 2.31. The predicted molar refractivity (Wildman–Crippen MR) is 87.6 cm³/mol. The van der Waals surface area contributed by atoms with Gasteiger partial charge in [-0.05, 0) is 49.7 Å². The third-order valence-corrected chi connectivity index (χ3v) is 4.35. The van der Waals surface area contributed by atoms with Gasteiger partial charge in [0.05, 0.1) is 26.9 Å². The molecular formula is C17H15N3S. The lowest BCUT2D eigenvalue weighted by Crippen LogP contribution is -2.06. The van der Waals surface area contributed by atoms with E-state index < -0.39 is 0 Å². The summed E-state index contributed by atoms with van der Waals surface area (Å²) in [5.74, 6) is 0. The van der Waals surface area contributed by atoms with Crippen molar-refractivity contribution >= 4 is 27.2 Å². The zero-order valence-corrected chi connectivity index (χ0v) is 12.7. The highest BCUT2D eigenvalue weighted by Gasteiger charge is 2.07. The summed E-state index contributed by atoms with van der Waals surface area (Å²) < 4.78 is 1.20. The van der Waals surface area contributed by atoms with E-state index in [1.54, 1.807) is 11.3 Å². The van der Waals surface area contributed by atoms with Crippen LogP contribution in [0.3, 0.4) is 0 Å². The van der Waals surface area contributed by atoms with Gasteiger partial charge in [-0.3, -0.25) is 0 Å². The molecule has 3 nitrogen and oxygen atoms in total. The van der Waals surface area contributed by atoms with E-state index in [0.29, 0.717) is 5.56 Å². The zero-order chi connectivity index (χ0) is 14.8. The van der Waals surface area contributed by atoms with E-state index in [1.165, 1.54) is 4.70 Å². The van der Waals surface area contributed by atoms with Gasteiger partial charge in [0.2, 0.25) is 0 Å². The molecule has 0 fully saturated rings. The van der Waals surface area contributed by atoms with Gasteiger partial charge in [-0.15, -0.1) is 11.3 Å². The Morgan fingerprint density at radius 1 is 1.19 bits per heavy atom. The van der Waals surface area contributed by atoms with Gasteiger partial charge >= 0.3 is 0 Å². The van der Waals surface area contributed by atoms with Gasteiger partial charge in [-0.2, -0.15) is 5.26 Å². The molecule has 0 spiro atoms. The molecule has 0 radical (unpaired) electrons. The van der Waals surface area contributed by atoms with E-state index in [4.69, 9.17) is 5.26 Å². The molecule has 0 saturated carbocycles. The Balaban J connectivity index is 1.81. The highest BCUT2D eigenvalue weighted by Crippen LogP contribution is 2.27. The molecule has 3 aromatic rings. The van der Waals surface area contributed by atoms with Crippen LogP contribution in [0.25, 0.3) is 10.2 Å². The highest BCUT2D eigenvalue weighted by atomic mass is 32.1. The smallest absolute Gasteiger partial charge is 0.0991 e. The molecule has 1 N–H and O–H groups in total. The number of aromatic nitrogens is 1. The molecule has 0 aliphatic rings. The fraction of sp³-hybridized carbons (Fsp3) is 0.176. The summed E-state index contributed by atoms with van der Waals surface area (Å²) in [7, 11) is 0. The first-order valence-corrected chi connectivity index (χ1v) is 7.61. The van der Waals surface area contributed by atoms with Crippen LogP contribution in [0.5, 0.6) is 0 Å². The van der Waals surface area contributed by atoms with E-state index >= 15 is 0 Å². The normalized spacial score (nSPS) is 12.0. The summed E-state index contributed by atoms with van der Waals surface area (Å²) in [5, 5.41) is 13.4. The van der Waals surface area contributed by atoms with Crippen LogP contribution in [-0.4, -0.2) is 4.98 Å². The van der Waals surface area contributed by atoms with Crippen LogP contribution in [0.4, 0.5) is 5.69 Å². The number of nitrogens with one attached hydrogen (secondary N) is 1. The first-order chi connectivity index (χ1) is 10.2. The molecule has 0 amide bonds. The quantitative estimate of drug-likeness (QED) is 0.764. The van der Waals surface area contributed by atoms with Crippen molar-refractivity contribution in [1.29, 1.82) is 5.26 Å². The second-order valence-electron chi connectivity index (χ2n) is 5.02. The molecule has 0 bridgehead atoms. The maximum atomic E-state index is 8.83. The van der Waals surface area contributed by atoms with Crippen LogP contribution >= 0.6 is 11.3 Å². The Bertz CT molecular complexity index is 812. The number of anilines is 1. The molecule has 1 aromatic heterocycles. The van der Waals surface area contributed by atoms with Crippen LogP contribution < -0.4 is 5.32 Å². The fourth-order valence-corrected chi connectivity index (χ4v) is 3.18.